The Balaban J connectivity index is 0. The fourth-order valence-electron chi connectivity index (χ4n) is 1.88. The molecule has 0 aliphatic heterocycles. The zero-order valence-electron chi connectivity index (χ0n) is 12.5. The van der Waals surface area contributed by atoms with Gasteiger partial charge in [0, 0.05) is 30.4 Å². The van der Waals surface area contributed by atoms with Gasteiger partial charge >= 0.3 is 0 Å². The first kappa shape index (κ1) is 21.8. The summed E-state index contributed by atoms with van der Waals surface area (Å²) in [4.78, 5) is 12.2. The number of hydrogen-bond acceptors (Lipinski definition) is 4. The molecular weight excluding hydrogens is 337 g/mol. The van der Waals surface area contributed by atoms with E-state index in [9.17, 15) is 4.89 Å². The zero-order valence-corrected chi connectivity index (χ0v) is 18.0. The van der Waals surface area contributed by atoms with Crippen molar-refractivity contribution in [3.63, 3.8) is 0 Å². The van der Waals surface area contributed by atoms with Gasteiger partial charge in [0.05, 0.1) is 6.10 Å². The average Bonchev–Trinajstić information content (AvgIpc) is 1.95. The quantitative estimate of drug-likeness (QED) is 0.479. The molecule has 0 saturated carbocycles. The van der Waals surface area contributed by atoms with Gasteiger partial charge in [0.15, 0.2) is 0 Å². The van der Waals surface area contributed by atoms with Crippen molar-refractivity contribution < 1.29 is 28.9 Å². The molecule has 3 atom stereocenters. The third-order valence-electron chi connectivity index (χ3n) is 2.22. The van der Waals surface area contributed by atoms with Crippen LogP contribution in [0, 0.1) is 11.8 Å². The average molecular weight is 363 g/mol. The van der Waals surface area contributed by atoms with Crippen molar-refractivity contribution in [1.29, 1.82) is 0 Å². The van der Waals surface area contributed by atoms with Crippen LogP contribution < -0.4 is 4.89 Å². The smallest absolute Gasteiger partial charge is 0.0596 e. The molecule has 0 heterocycles. The van der Waals surface area contributed by atoms with Crippen LogP contribution in [-0.4, -0.2) is 11.4 Å². The van der Waals surface area contributed by atoms with Crippen molar-refractivity contribution in [1.82, 2.24) is 0 Å². The summed E-state index contributed by atoms with van der Waals surface area (Å²) < 4.78 is 5.53. The first-order valence-electron chi connectivity index (χ1n) is 6.30. The molecule has 0 aromatic rings. The Bertz CT molecular complexity index is 240. The Labute approximate surface area is 135 Å². The van der Waals surface area contributed by atoms with Gasteiger partial charge in [-0.2, -0.15) is 0 Å². The third-order valence-corrected chi connectivity index (χ3v) is 6.80. The van der Waals surface area contributed by atoms with E-state index in [1.54, 1.807) is 0 Å². The molecule has 6 heteroatoms. The summed E-state index contributed by atoms with van der Waals surface area (Å²) in [7, 11) is 0. The first-order valence-corrected chi connectivity index (χ1v) is 10.4. The molecule has 0 fully saturated rings. The van der Waals surface area contributed by atoms with E-state index in [0.717, 1.165) is 12.8 Å². The Morgan fingerprint density at radius 1 is 1.06 bits per heavy atom. The van der Waals surface area contributed by atoms with E-state index in [-0.39, 0.29) is 25.6 Å². The van der Waals surface area contributed by atoms with Crippen LogP contribution in [0.4, 0.5) is 0 Å². The van der Waals surface area contributed by atoms with Crippen LogP contribution in [0.5, 0.6) is 0 Å². The normalized spacial score (nSPS) is 18.3. The molecule has 0 radical (unpaired) electrons. The van der Waals surface area contributed by atoms with Crippen LogP contribution in [0.3, 0.4) is 0 Å². The molecule has 0 saturated heterocycles. The molecule has 0 aliphatic carbocycles. The monoisotopic (exact) mass is 361 g/mol. The maximum Gasteiger partial charge on any atom is 0.0596 e. The molecule has 0 spiro atoms. The Morgan fingerprint density at radius 2 is 1.50 bits per heavy atom. The summed E-state index contributed by atoms with van der Waals surface area (Å²) in [6.45, 7) is 12.6. The van der Waals surface area contributed by atoms with E-state index in [0.29, 0.717) is 17.1 Å². The van der Waals surface area contributed by atoms with Crippen LogP contribution in [0.25, 0.3) is 0 Å². The summed E-state index contributed by atoms with van der Waals surface area (Å²) in [5, 5.41) is 0.296. The Morgan fingerprint density at radius 3 is 1.89 bits per heavy atom. The van der Waals surface area contributed by atoms with Crippen molar-refractivity contribution in [3.8, 4) is 0 Å². The fourth-order valence-corrected chi connectivity index (χ4v) is 7.30. The summed E-state index contributed by atoms with van der Waals surface area (Å²) in [6, 6.07) is 0. The minimum Gasteiger partial charge on any atom is -0.793 e. The molecule has 0 aromatic heterocycles. The van der Waals surface area contributed by atoms with Crippen LogP contribution >= 0.6 is 17.1 Å². The van der Waals surface area contributed by atoms with Crippen LogP contribution in [0.1, 0.15) is 54.4 Å². The van der Waals surface area contributed by atoms with E-state index in [1.807, 2.05) is 6.92 Å². The second-order valence-electron chi connectivity index (χ2n) is 5.54. The van der Waals surface area contributed by atoms with Crippen molar-refractivity contribution in [2.24, 2.45) is 11.8 Å². The van der Waals surface area contributed by atoms with Gasteiger partial charge in [-0.3, -0.25) is 0 Å². The van der Waals surface area contributed by atoms with Crippen molar-refractivity contribution >= 4 is 28.9 Å². The molecule has 2 nitrogen and oxygen atoms in total. The van der Waals surface area contributed by atoms with Gasteiger partial charge in [-0.15, -0.1) is 11.4 Å². The summed E-state index contributed by atoms with van der Waals surface area (Å²) in [5.41, 5.74) is -2.92. The summed E-state index contributed by atoms with van der Waals surface area (Å²) in [6.07, 6.45) is 1.91. The molecule has 0 aromatic carbocycles. The van der Waals surface area contributed by atoms with Gasteiger partial charge in [-0.25, -0.2) is 0 Å². The van der Waals surface area contributed by atoms with E-state index in [2.05, 4.69) is 34.6 Å². The molecule has 0 N–H and O–H groups in total. The molecule has 0 bridgehead atoms. The standard InChI is InChI=1S/C12H27O2PS2.Zn/c1-9(2)7-11(5)14-15(13,16)17-12(6)8-10(3)4;/h9-12H,7-8H2,1-6H3,(H,13,16);/p-1. The molecule has 18 heavy (non-hydrogen) atoms. The minimum atomic E-state index is -2.92. The van der Waals surface area contributed by atoms with Crippen molar-refractivity contribution in [3.05, 3.63) is 0 Å². The molecule has 0 amide bonds. The van der Waals surface area contributed by atoms with Gasteiger partial charge in [-0.05, 0) is 31.6 Å². The van der Waals surface area contributed by atoms with Crippen molar-refractivity contribution in [2.45, 2.75) is 65.7 Å². The number of rotatable bonds is 8. The first-order chi connectivity index (χ1) is 7.62. The van der Waals surface area contributed by atoms with Gasteiger partial charge in [-0.1, -0.05) is 46.4 Å². The van der Waals surface area contributed by atoms with Crippen LogP contribution in [0.2, 0.25) is 0 Å². The molecule has 0 aliphatic rings. The van der Waals surface area contributed by atoms with Gasteiger partial charge in [0.2, 0.25) is 0 Å². The second kappa shape index (κ2) is 10.3. The molecular formula is C12H26O2PS2Zn-. The minimum absolute atomic E-state index is 0. The SMILES string of the molecule is CC(C)CC(C)OP([O-])(=S)SC(C)CC(C)C.[Zn]. The Hall–Kier alpha value is 1.54. The van der Waals surface area contributed by atoms with E-state index >= 15 is 0 Å². The van der Waals surface area contributed by atoms with E-state index in [1.165, 1.54) is 11.4 Å². The molecule has 106 valence electrons. The third kappa shape index (κ3) is 12.6. The summed E-state index contributed by atoms with van der Waals surface area (Å²) >= 11 is 6.43. The molecule has 0 rings (SSSR count). The molecule has 3 unspecified atom stereocenters. The predicted molar refractivity (Wildman–Crippen MR) is 80.8 cm³/mol. The predicted octanol–water partition coefficient (Wildman–Crippen LogP) is 4.19. The second-order valence-corrected chi connectivity index (χ2v) is 11.9. The van der Waals surface area contributed by atoms with Gasteiger partial charge in [0.1, 0.15) is 0 Å². The fraction of sp³-hybridized carbons (Fsp3) is 1.00. The zero-order chi connectivity index (χ0) is 13.6. The van der Waals surface area contributed by atoms with Gasteiger partial charge in [0.25, 0.3) is 0 Å². The van der Waals surface area contributed by atoms with Crippen molar-refractivity contribution in [2.75, 3.05) is 0 Å². The van der Waals surface area contributed by atoms with E-state index < -0.39 is 5.69 Å². The maximum absolute atomic E-state index is 12.2. The topological polar surface area (TPSA) is 32.3 Å². The van der Waals surface area contributed by atoms with Crippen LogP contribution in [-0.2, 0) is 35.8 Å². The van der Waals surface area contributed by atoms with Crippen LogP contribution in [0.15, 0.2) is 0 Å². The van der Waals surface area contributed by atoms with Gasteiger partial charge < -0.3 is 9.42 Å². The summed E-state index contributed by atoms with van der Waals surface area (Å²) in [5.74, 6) is 1.14. The Kier molecular flexibility index (Phi) is 12.5. The van der Waals surface area contributed by atoms with E-state index in [4.69, 9.17) is 16.3 Å². The maximum atomic E-state index is 12.2. The largest absolute Gasteiger partial charge is 0.793 e. The number of hydrogen-bond donors (Lipinski definition) is 0.